The van der Waals surface area contributed by atoms with E-state index in [9.17, 15) is 9.59 Å². The number of piperidine rings is 1. The number of nitrogens with one attached hydrogen (secondary N) is 2. The average molecular weight is 382 g/mol. The van der Waals surface area contributed by atoms with Crippen molar-refractivity contribution in [1.82, 2.24) is 10.3 Å². The Kier molecular flexibility index (Phi) is 6.84. The van der Waals surface area contributed by atoms with Crippen LogP contribution < -0.4 is 20.3 Å². The predicted molar refractivity (Wildman–Crippen MR) is 108 cm³/mol. The molecule has 2 aromatic rings. The van der Waals surface area contributed by atoms with Crippen molar-refractivity contribution in [2.24, 2.45) is 5.92 Å². The molecule has 148 valence electrons. The van der Waals surface area contributed by atoms with Crippen LogP contribution in [0.15, 0.2) is 48.8 Å². The first-order valence-electron chi connectivity index (χ1n) is 9.63. The normalized spacial score (nSPS) is 14.4. The van der Waals surface area contributed by atoms with E-state index in [4.69, 9.17) is 4.74 Å². The smallest absolute Gasteiger partial charge is 0.313 e. The van der Waals surface area contributed by atoms with Gasteiger partial charge in [0.15, 0.2) is 0 Å². The van der Waals surface area contributed by atoms with Crippen molar-refractivity contribution in [1.29, 1.82) is 0 Å². The minimum atomic E-state index is -0.679. The SMILES string of the molecule is CCOc1ccccc1NC(=O)C(=O)NCC1CCN(c2ccncc2)CC1. The first-order valence-corrected chi connectivity index (χ1v) is 9.63. The lowest BCUT2D eigenvalue weighted by Crippen LogP contribution is -2.41. The monoisotopic (exact) mass is 382 g/mol. The summed E-state index contributed by atoms with van der Waals surface area (Å²) in [6, 6.07) is 11.1. The van der Waals surface area contributed by atoms with Crippen LogP contribution in [0.1, 0.15) is 19.8 Å². The molecule has 7 heteroatoms. The summed E-state index contributed by atoms with van der Waals surface area (Å²) in [4.78, 5) is 30.7. The number of aromatic nitrogens is 1. The molecular formula is C21H26N4O3. The van der Waals surface area contributed by atoms with Crippen molar-refractivity contribution in [3.05, 3.63) is 48.8 Å². The molecule has 1 aliphatic rings. The van der Waals surface area contributed by atoms with Gasteiger partial charge >= 0.3 is 11.8 Å². The summed E-state index contributed by atoms with van der Waals surface area (Å²) in [5.41, 5.74) is 1.67. The fraction of sp³-hybridized carbons (Fsp3) is 0.381. The predicted octanol–water partition coefficient (Wildman–Crippen LogP) is 2.45. The van der Waals surface area contributed by atoms with E-state index in [-0.39, 0.29) is 0 Å². The molecule has 7 nitrogen and oxygen atoms in total. The van der Waals surface area contributed by atoms with Gasteiger partial charge in [-0.1, -0.05) is 12.1 Å². The highest BCUT2D eigenvalue weighted by Crippen LogP contribution is 2.24. The summed E-state index contributed by atoms with van der Waals surface area (Å²) in [7, 11) is 0. The largest absolute Gasteiger partial charge is 0.492 e. The first kappa shape index (κ1) is 19.7. The average Bonchev–Trinajstić information content (AvgIpc) is 2.74. The van der Waals surface area contributed by atoms with E-state index in [0.29, 0.717) is 30.5 Å². The molecular weight excluding hydrogens is 356 g/mol. The number of amides is 2. The van der Waals surface area contributed by atoms with Crippen LogP contribution in [0, 0.1) is 5.92 Å². The van der Waals surface area contributed by atoms with E-state index in [2.05, 4.69) is 20.5 Å². The van der Waals surface area contributed by atoms with Crippen LogP contribution in [0.5, 0.6) is 5.75 Å². The number of carbonyl (C=O) groups is 2. The molecule has 0 aliphatic carbocycles. The number of carbonyl (C=O) groups excluding carboxylic acids is 2. The Morgan fingerprint density at radius 3 is 2.54 bits per heavy atom. The summed E-state index contributed by atoms with van der Waals surface area (Å²) in [5, 5.41) is 5.38. The zero-order chi connectivity index (χ0) is 19.8. The highest BCUT2D eigenvalue weighted by Gasteiger charge is 2.22. The van der Waals surface area contributed by atoms with Crippen LogP contribution in [-0.2, 0) is 9.59 Å². The Morgan fingerprint density at radius 1 is 1.11 bits per heavy atom. The van der Waals surface area contributed by atoms with Crippen molar-refractivity contribution in [2.75, 3.05) is 36.5 Å². The van der Waals surface area contributed by atoms with Crippen LogP contribution in [0.2, 0.25) is 0 Å². The maximum atomic E-state index is 12.2. The van der Waals surface area contributed by atoms with Gasteiger partial charge in [-0.25, -0.2) is 0 Å². The molecule has 2 N–H and O–H groups in total. The number of hydrogen-bond donors (Lipinski definition) is 2. The third-order valence-electron chi connectivity index (χ3n) is 4.84. The first-order chi connectivity index (χ1) is 13.7. The molecule has 1 aromatic heterocycles. The second-order valence-corrected chi connectivity index (χ2v) is 6.73. The second kappa shape index (κ2) is 9.73. The van der Waals surface area contributed by atoms with Gasteiger partial charge in [0, 0.05) is 37.7 Å². The fourth-order valence-electron chi connectivity index (χ4n) is 3.30. The molecule has 1 saturated heterocycles. The zero-order valence-electron chi connectivity index (χ0n) is 16.1. The van der Waals surface area contributed by atoms with Crippen molar-refractivity contribution >= 4 is 23.2 Å². The third-order valence-corrected chi connectivity index (χ3v) is 4.84. The van der Waals surface area contributed by atoms with Gasteiger partial charge in [-0.3, -0.25) is 14.6 Å². The van der Waals surface area contributed by atoms with E-state index in [1.165, 1.54) is 5.69 Å². The lowest BCUT2D eigenvalue weighted by Gasteiger charge is -2.33. The number of rotatable bonds is 6. The molecule has 1 aliphatic heterocycles. The summed E-state index contributed by atoms with van der Waals surface area (Å²) < 4.78 is 5.46. The number of hydrogen-bond acceptors (Lipinski definition) is 5. The van der Waals surface area contributed by atoms with Crippen LogP contribution in [0.3, 0.4) is 0 Å². The lowest BCUT2D eigenvalue weighted by molar-refractivity contribution is -0.136. The minimum Gasteiger partial charge on any atom is -0.492 e. The fourth-order valence-corrected chi connectivity index (χ4v) is 3.30. The Balaban J connectivity index is 1.44. The van der Waals surface area contributed by atoms with E-state index in [0.717, 1.165) is 25.9 Å². The van der Waals surface area contributed by atoms with Crippen LogP contribution in [-0.4, -0.2) is 43.0 Å². The topological polar surface area (TPSA) is 83.6 Å². The second-order valence-electron chi connectivity index (χ2n) is 6.73. The quantitative estimate of drug-likeness (QED) is 0.750. The Bertz CT molecular complexity index is 789. The van der Waals surface area contributed by atoms with Gasteiger partial charge in [0.2, 0.25) is 0 Å². The standard InChI is InChI=1S/C21H26N4O3/c1-2-28-19-6-4-3-5-18(19)24-21(27)20(26)23-15-16-9-13-25(14-10-16)17-7-11-22-12-8-17/h3-8,11-12,16H,2,9-10,13-15H2,1H3,(H,23,26)(H,24,27). The molecule has 2 heterocycles. The zero-order valence-corrected chi connectivity index (χ0v) is 16.1. The number of benzene rings is 1. The highest BCUT2D eigenvalue weighted by atomic mass is 16.5. The van der Waals surface area contributed by atoms with Gasteiger partial charge < -0.3 is 20.3 Å². The maximum absolute atomic E-state index is 12.2. The summed E-state index contributed by atoms with van der Waals surface area (Å²) in [6.07, 6.45) is 5.53. The van der Waals surface area contributed by atoms with Crippen molar-refractivity contribution < 1.29 is 14.3 Å². The molecule has 1 fully saturated rings. The summed E-state index contributed by atoms with van der Waals surface area (Å²) in [6.45, 7) is 4.71. The highest BCUT2D eigenvalue weighted by molar-refractivity contribution is 6.39. The molecule has 2 amide bonds. The molecule has 0 saturated carbocycles. The van der Waals surface area contributed by atoms with E-state index < -0.39 is 11.8 Å². The van der Waals surface area contributed by atoms with Crippen LogP contribution >= 0.6 is 0 Å². The number of pyridine rings is 1. The van der Waals surface area contributed by atoms with Gasteiger partial charge in [-0.15, -0.1) is 0 Å². The van der Waals surface area contributed by atoms with E-state index in [1.807, 2.05) is 25.1 Å². The van der Waals surface area contributed by atoms with Crippen LogP contribution in [0.4, 0.5) is 11.4 Å². The summed E-state index contributed by atoms with van der Waals surface area (Å²) >= 11 is 0. The summed E-state index contributed by atoms with van der Waals surface area (Å²) in [5.74, 6) is -0.385. The maximum Gasteiger partial charge on any atom is 0.313 e. The van der Waals surface area contributed by atoms with Gasteiger partial charge in [0.25, 0.3) is 0 Å². The Labute approximate surface area is 165 Å². The molecule has 1 aromatic carbocycles. The van der Waals surface area contributed by atoms with Gasteiger partial charge in [-0.2, -0.15) is 0 Å². The van der Waals surface area contributed by atoms with Crippen LogP contribution in [0.25, 0.3) is 0 Å². The van der Waals surface area contributed by atoms with Gasteiger partial charge in [0.1, 0.15) is 5.75 Å². The molecule has 0 bridgehead atoms. The number of anilines is 2. The number of ether oxygens (including phenoxy) is 1. The molecule has 28 heavy (non-hydrogen) atoms. The van der Waals surface area contributed by atoms with E-state index in [1.54, 1.807) is 30.6 Å². The van der Waals surface area contributed by atoms with Crippen molar-refractivity contribution in [3.63, 3.8) is 0 Å². The van der Waals surface area contributed by atoms with Crippen molar-refractivity contribution in [2.45, 2.75) is 19.8 Å². The molecule has 0 unspecified atom stereocenters. The van der Waals surface area contributed by atoms with Gasteiger partial charge in [-0.05, 0) is 49.9 Å². The third kappa shape index (κ3) is 5.22. The number of nitrogens with zero attached hydrogens (tertiary/aromatic N) is 2. The minimum absolute atomic E-state index is 0.366. The molecule has 0 atom stereocenters. The Hall–Kier alpha value is -3.09. The molecule has 3 rings (SSSR count). The van der Waals surface area contributed by atoms with Gasteiger partial charge in [0.05, 0.1) is 12.3 Å². The lowest BCUT2D eigenvalue weighted by atomic mass is 9.96. The van der Waals surface area contributed by atoms with E-state index >= 15 is 0 Å². The molecule has 0 radical (unpaired) electrons. The van der Waals surface area contributed by atoms with Crippen molar-refractivity contribution in [3.8, 4) is 5.75 Å². The Morgan fingerprint density at radius 2 is 1.82 bits per heavy atom. The number of para-hydroxylation sites is 2. The molecule has 0 spiro atoms.